The number of carbonyl (C=O) groups is 1. The smallest absolute Gasteiger partial charge is 0.255 e. The third kappa shape index (κ3) is 3.72. The van der Waals surface area contributed by atoms with Crippen LogP contribution in [-0.4, -0.2) is 39.8 Å². The highest BCUT2D eigenvalue weighted by Crippen LogP contribution is 2.24. The van der Waals surface area contributed by atoms with Gasteiger partial charge in [-0.05, 0) is 30.3 Å². The highest BCUT2D eigenvalue weighted by Gasteiger charge is 2.21. The first-order chi connectivity index (χ1) is 10.9. The summed E-state index contributed by atoms with van der Waals surface area (Å²) in [5.74, 6) is 0.433. The lowest BCUT2D eigenvalue weighted by molar-refractivity contribution is 0.0944. The maximum absolute atomic E-state index is 12.3. The van der Waals surface area contributed by atoms with Crippen LogP contribution in [0.3, 0.4) is 0 Å². The second-order valence-electron chi connectivity index (χ2n) is 4.91. The molecule has 0 spiro atoms. The van der Waals surface area contributed by atoms with Gasteiger partial charge in [-0.25, -0.2) is 12.7 Å². The van der Waals surface area contributed by atoms with Crippen LogP contribution in [0.4, 0.5) is 0 Å². The lowest BCUT2D eigenvalue weighted by Gasteiger charge is -2.14. The van der Waals surface area contributed by atoms with Gasteiger partial charge in [0.05, 0.1) is 30.4 Å². The first kappa shape index (κ1) is 17.0. The van der Waals surface area contributed by atoms with E-state index < -0.39 is 15.9 Å². The van der Waals surface area contributed by atoms with E-state index in [1.54, 1.807) is 12.1 Å². The number of hydrogen-bond donors (Lipinski definition) is 1. The Morgan fingerprint density at radius 1 is 1.30 bits per heavy atom. The summed E-state index contributed by atoms with van der Waals surface area (Å²) in [6.45, 7) is 0.194. The molecule has 23 heavy (non-hydrogen) atoms. The standard InChI is InChI=1S/C15H18N2O5S/c1-17(2)23(19,20)12-6-7-14(21-3)13(9-12)15(18)16-10-11-5-4-8-22-11/h4-9H,10H2,1-3H3,(H,16,18). The van der Waals surface area contributed by atoms with Gasteiger partial charge in [0.1, 0.15) is 11.5 Å². The zero-order valence-electron chi connectivity index (χ0n) is 13.1. The van der Waals surface area contributed by atoms with Crippen molar-refractivity contribution in [3.8, 4) is 5.75 Å². The maximum atomic E-state index is 12.3. The highest BCUT2D eigenvalue weighted by molar-refractivity contribution is 7.89. The highest BCUT2D eigenvalue weighted by atomic mass is 32.2. The number of benzene rings is 1. The Bertz CT molecular complexity index is 782. The van der Waals surface area contributed by atoms with Crippen molar-refractivity contribution < 1.29 is 22.4 Å². The summed E-state index contributed by atoms with van der Waals surface area (Å²) in [5.41, 5.74) is 0.141. The third-order valence-electron chi connectivity index (χ3n) is 3.20. The molecule has 0 radical (unpaired) electrons. The molecule has 0 saturated carbocycles. The van der Waals surface area contributed by atoms with Crippen molar-refractivity contribution in [3.05, 3.63) is 47.9 Å². The van der Waals surface area contributed by atoms with Gasteiger partial charge in [-0.1, -0.05) is 0 Å². The number of nitrogens with one attached hydrogen (secondary N) is 1. The minimum atomic E-state index is -3.64. The van der Waals surface area contributed by atoms with Crippen molar-refractivity contribution in [1.82, 2.24) is 9.62 Å². The van der Waals surface area contributed by atoms with E-state index in [2.05, 4.69) is 5.32 Å². The summed E-state index contributed by atoms with van der Waals surface area (Å²) in [5, 5.41) is 2.66. The quantitative estimate of drug-likeness (QED) is 0.861. The largest absolute Gasteiger partial charge is 0.496 e. The molecule has 1 aromatic carbocycles. The molecule has 0 aliphatic rings. The number of sulfonamides is 1. The molecule has 0 saturated heterocycles. The van der Waals surface area contributed by atoms with Crippen LogP contribution in [0.1, 0.15) is 16.1 Å². The summed E-state index contributed by atoms with van der Waals surface area (Å²) in [7, 11) is 0.632. The average molecular weight is 338 g/mol. The van der Waals surface area contributed by atoms with E-state index in [1.165, 1.54) is 45.7 Å². The van der Waals surface area contributed by atoms with Crippen molar-refractivity contribution in [2.24, 2.45) is 0 Å². The number of hydrogen-bond acceptors (Lipinski definition) is 5. The molecule has 0 unspecified atom stereocenters. The van der Waals surface area contributed by atoms with Crippen molar-refractivity contribution in [1.29, 1.82) is 0 Å². The number of nitrogens with zero attached hydrogens (tertiary/aromatic N) is 1. The van der Waals surface area contributed by atoms with Gasteiger partial charge in [-0.2, -0.15) is 0 Å². The number of furan rings is 1. The fourth-order valence-electron chi connectivity index (χ4n) is 1.91. The third-order valence-corrected chi connectivity index (χ3v) is 5.01. The lowest BCUT2D eigenvalue weighted by atomic mass is 10.2. The Kier molecular flexibility index (Phi) is 5.07. The molecule has 0 bridgehead atoms. The molecule has 8 heteroatoms. The summed E-state index contributed by atoms with van der Waals surface area (Å²) >= 11 is 0. The Balaban J connectivity index is 2.30. The Labute approximate surface area is 134 Å². The number of amides is 1. The molecule has 7 nitrogen and oxygen atoms in total. The molecule has 124 valence electrons. The van der Waals surface area contributed by atoms with E-state index in [1.807, 2.05) is 0 Å². The van der Waals surface area contributed by atoms with Crippen LogP contribution < -0.4 is 10.1 Å². The Hall–Kier alpha value is -2.32. The molecule has 0 aliphatic heterocycles. The molecular weight excluding hydrogens is 320 g/mol. The van der Waals surface area contributed by atoms with Crippen LogP contribution >= 0.6 is 0 Å². The van der Waals surface area contributed by atoms with Crippen LogP contribution in [0.2, 0.25) is 0 Å². The van der Waals surface area contributed by atoms with E-state index in [0.717, 1.165) is 4.31 Å². The number of methoxy groups -OCH3 is 1. The van der Waals surface area contributed by atoms with Crippen molar-refractivity contribution in [3.63, 3.8) is 0 Å². The van der Waals surface area contributed by atoms with Crippen LogP contribution in [0.15, 0.2) is 45.9 Å². The summed E-state index contributed by atoms with van der Waals surface area (Å²) < 4.78 is 35.7. The van der Waals surface area contributed by atoms with Gasteiger partial charge >= 0.3 is 0 Å². The molecule has 1 N–H and O–H groups in total. The second kappa shape index (κ2) is 6.84. The van der Waals surface area contributed by atoms with E-state index in [4.69, 9.17) is 9.15 Å². The SMILES string of the molecule is COc1ccc(S(=O)(=O)N(C)C)cc1C(=O)NCc1ccco1. The minimum Gasteiger partial charge on any atom is -0.496 e. The minimum absolute atomic E-state index is 0.0199. The van der Waals surface area contributed by atoms with Crippen molar-refractivity contribution >= 4 is 15.9 Å². The van der Waals surface area contributed by atoms with Crippen LogP contribution in [-0.2, 0) is 16.6 Å². The zero-order chi connectivity index (χ0) is 17.0. The van der Waals surface area contributed by atoms with Crippen molar-refractivity contribution in [2.45, 2.75) is 11.4 Å². The van der Waals surface area contributed by atoms with Gasteiger partial charge in [0, 0.05) is 14.1 Å². The van der Waals surface area contributed by atoms with E-state index in [-0.39, 0.29) is 17.0 Å². The number of rotatable bonds is 6. The van der Waals surface area contributed by atoms with E-state index in [9.17, 15) is 13.2 Å². The second-order valence-corrected chi connectivity index (χ2v) is 7.06. The van der Waals surface area contributed by atoms with Gasteiger partial charge in [-0.3, -0.25) is 4.79 Å². The van der Waals surface area contributed by atoms with Crippen LogP contribution in [0, 0.1) is 0 Å². The predicted molar refractivity (Wildman–Crippen MR) is 83.7 cm³/mol. The van der Waals surface area contributed by atoms with E-state index in [0.29, 0.717) is 11.5 Å². The van der Waals surface area contributed by atoms with E-state index >= 15 is 0 Å². The predicted octanol–water partition coefficient (Wildman–Crippen LogP) is 1.47. The van der Waals surface area contributed by atoms with Gasteiger partial charge in [0.15, 0.2) is 0 Å². The fraction of sp³-hybridized carbons (Fsp3) is 0.267. The molecule has 2 rings (SSSR count). The van der Waals surface area contributed by atoms with Gasteiger partial charge in [-0.15, -0.1) is 0 Å². The molecule has 1 aromatic heterocycles. The Morgan fingerprint density at radius 3 is 2.61 bits per heavy atom. The Morgan fingerprint density at radius 2 is 2.04 bits per heavy atom. The molecule has 1 amide bonds. The monoisotopic (exact) mass is 338 g/mol. The maximum Gasteiger partial charge on any atom is 0.255 e. The normalized spacial score (nSPS) is 11.5. The molecule has 0 atom stereocenters. The van der Waals surface area contributed by atoms with Gasteiger partial charge < -0.3 is 14.5 Å². The lowest BCUT2D eigenvalue weighted by Crippen LogP contribution is -2.25. The first-order valence-corrected chi connectivity index (χ1v) is 8.21. The molecule has 0 fully saturated rings. The van der Waals surface area contributed by atoms with Crippen LogP contribution in [0.5, 0.6) is 5.75 Å². The molecule has 1 heterocycles. The first-order valence-electron chi connectivity index (χ1n) is 6.77. The molecular formula is C15H18N2O5S. The summed E-state index contributed by atoms with van der Waals surface area (Å²) in [6, 6.07) is 7.60. The van der Waals surface area contributed by atoms with Crippen LogP contribution in [0.25, 0.3) is 0 Å². The zero-order valence-corrected chi connectivity index (χ0v) is 13.9. The average Bonchev–Trinajstić information content (AvgIpc) is 3.05. The van der Waals surface area contributed by atoms with Gasteiger partial charge in [0.2, 0.25) is 10.0 Å². The number of carbonyl (C=O) groups excluding carboxylic acids is 1. The molecule has 2 aromatic rings. The van der Waals surface area contributed by atoms with Gasteiger partial charge in [0.25, 0.3) is 5.91 Å². The fourth-order valence-corrected chi connectivity index (χ4v) is 2.84. The molecule has 0 aliphatic carbocycles. The summed E-state index contributed by atoms with van der Waals surface area (Å²) in [6.07, 6.45) is 1.51. The summed E-state index contributed by atoms with van der Waals surface area (Å²) in [4.78, 5) is 12.3. The topological polar surface area (TPSA) is 88.9 Å². The van der Waals surface area contributed by atoms with Crippen molar-refractivity contribution in [2.75, 3.05) is 21.2 Å². The number of ether oxygens (including phenoxy) is 1.